The Labute approximate surface area is 207 Å². The van der Waals surface area contributed by atoms with Gasteiger partial charge in [0.15, 0.2) is 0 Å². The van der Waals surface area contributed by atoms with Crippen LogP contribution in [0.1, 0.15) is 15.9 Å². The summed E-state index contributed by atoms with van der Waals surface area (Å²) < 4.78 is 10.5. The molecule has 178 valence electrons. The molecule has 3 aromatic carbocycles. The molecule has 35 heavy (non-hydrogen) atoms. The number of anilines is 2. The lowest BCUT2D eigenvalue weighted by molar-refractivity contribution is -0.138. The van der Waals surface area contributed by atoms with Gasteiger partial charge in [0.05, 0.1) is 26.5 Å². The van der Waals surface area contributed by atoms with Crippen LogP contribution in [0.2, 0.25) is 0 Å². The largest absolute Gasteiger partial charge is 0.497 e. The number of hydrogen-bond donors (Lipinski definition) is 2. The van der Waals surface area contributed by atoms with Gasteiger partial charge in [0.1, 0.15) is 22.2 Å². The number of amides is 3. The summed E-state index contributed by atoms with van der Waals surface area (Å²) in [7, 11) is 3.03. The van der Waals surface area contributed by atoms with Crippen LogP contribution in [0.15, 0.2) is 83.5 Å². The summed E-state index contributed by atoms with van der Waals surface area (Å²) in [5.41, 5.74) is 1.97. The van der Waals surface area contributed by atoms with Crippen molar-refractivity contribution >= 4 is 40.7 Å². The molecule has 0 radical (unpaired) electrons. The van der Waals surface area contributed by atoms with E-state index in [0.717, 1.165) is 10.5 Å². The number of benzene rings is 3. The van der Waals surface area contributed by atoms with Gasteiger partial charge in [0.2, 0.25) is 0 Å². The molecule has 0 fully saturated rings. The average molecular weight is 492 g/mol. The first-order chi connectivity index (χ1) is 16.9. The predicted octanol–water partition coefficient (Wildman–Crippen LogP) is 4.39. The molecular weight excluding hydrogens is 470 g/mol. The molecule has 8 nitrogen and oxygen atoms in total. The zero-order valence-corrected chi connectivity index (χ0v) is 19.8. The minimum atomic E-state index is -0.580. The molecule has 0 spiro atoms. The maximum absolute atomic E-state index is 12.9. The summed E-state index contributed by atoms with van der Waals surface area (Å²) >= 11 is 6.20. The molecule has 1 aliphatic heterocycles. The molecule has 4 rings (SSSR count). The van der Waals surface area contributed by atoms with Crippen molar-refractivity contribution in [3.63, 3.8) is 0 Å². The maximum Gasteiger partial charge on any atom is 0.279 e. The summed E-state index contributed by atoms with van der Waals surface area (Å²) in [5, 5.41) is 5.49. The lowest BCUT2D eigenvalue weighted by atomic mass is 10.1. The SMILES string of the molecule is COc1ccc(NC(=O)c2cccc(NC3=C(Cl)C(=O)N(Cc4ccccc4)C3=O)c2)c(OC)c1. The van der Waals surface area contributed by atoms with Crippen molar-refractivity contribution in [2.45, 2.75) is 6.54 Å². The molecule has 0 aromatic heterocycles. The molecule has 9 heteroatoms. The van der Waals surface area contributed by atoms with Gasteiger partial charge in [-0.25, -0.2) is 0 Å². The van der Waals surface area contributed by atoms with Crippen LogP contribution in [0.5, 0.6) is 11.5 Å². The Morgan fingerprint density at radius 3 is 2.40 bits per heavy atom. The fourth-order valence-electron chi connectivity index (χ4n) is 3.54. The molecule has 0 atom stereocenters. The molecule has 3 amide bonds. The summed E-state index contributed by atoms with van der Waals surface area (Å²) in [6.07, 6.45) is 0. The quantitative estimate of drug-likeness (QED) is 0.454. The molecule has 2 N–H and O–H groups in total. The monoisotopic (exact) mass is 491 g/mol. The number of rotatable bonds is 8. The van der Waals surface area contributed by atoms with Crippen LogP contribution >= 0.6 is 11.6 Å². The normalized spacial score (nSPS) is 13.2. The number of imide groups is 1. The number of ether oxygens (including phenoxy) is 2. The van der Waals surface area contributed by atoms with E-state index < -0.39 is 17.7 Å². The second kappa shape index (κ2) is 10.3. The second-order valence-corrected chi connectivity index (χ2v) is 7.98. The number of carbonyl (C=O) groups excluding carboxylic acids is 3. The highest BCUT2D eigenvalue weighted by molar-refractivity contribution is 6.48. The fraction of sp³-hybridized carbons (Fsp3) is 0.115. The summed E-state index contributed by atoms with van der Waals surface area (Å²) in [5.74, 6) is -0.479. The highest BCUT2D eigenvalue weighted by Gasteiger charge is 2.37. The summed E-state index contributed by atoms with van der Waals surface area (Å²) in [6.45, 7) is 0.103. The van der Waals surface area contributed by atoms with Crippen LogP contribution in [-0.4, -0.2) is 36.8 Å². The second-order valence-electron chi connectivity index (χ2n) is 7.60. The van der Waals surface area contributed by atoms with E-state index in [-0.39, 0.29) is 17.3 Å². The Morgan fingerprint density at radius 2 is 1.69 bits per heavy atom. The van der Waals surface area contributed by atoms with E-state index >= 15 is 0 Å². The molecule has 0 aliphatic carbocycles. The van der Waals surface area contributed by atoms with E-state index in [1.54, 1.807) is 42.5 Å². The van der Waals surface area contributed by atoms with Gasteiger partial charge in [-0.1, -0.05) is 48.0 Å². The van der Waals surface area contributed by atoms with Gasteiger partial charge >= 0.3 is 0 Å². The van der Waals surface area contributed by atoms with Gasteiger partial charge in [0, 0.05) is 17.3 Å². The lowest BCUT2D eigenvalue weighted by Gasteiger charge is -2.15. The smallest absolute Gasteiger partial charge is 0.279 e. The van der Waals surface area contributed by atoms with E-state index in [4.69, 9.17) is 21.1 Å². The Balaban J connectivity index is 1.50. The van der Waals surface area contributed by atoms with Gasteiger partial charge in [-0.05, 0) is 35.9 Å². The van der Waals surface area contributed by atoms with Gasteiger partial charge in [-0.15, -0.1) is 0 Å². The number of carbonyl (C=O) groups is 3. The Morgan fingerprint density at radius 1 is 0.914 bits per heavy atom. The van der Waals surface area contributed by atoms with Crippen molar-refractivity contribution in [3.05, 3.63) is 94.7 Å². The fourth-order valence-corrected chi connectivity index (χ4v) is 3.77. The first-order valence-corrected chi connectivity index (χ1v) is 11.0. The van der Waals surface area contributed by atoms with Gasteiger partial charge in [0.25, 0.3) is 17.7 Å². The van der Waals surface area contributed by atoms with E-state index in [2.05, 4.69) is 10.6 Å². The van der Waals surface area contributed by atoms with Crippen LogP contribution < -0.4 is 20.1 Å². The van der Waals surface area contributed by atoms with Gasteiger partial charge in [-0.2, -0.15) is 0 Å². The minimum absolute atomic E-state index is 0.0398. The molecule has 0 saturated heterocycles. The molecule has 0 saturated carbocycles. The summed E-state index contributed by atoms with van der Waals surface area (Å²) in [6, 6.07) is 20.7. The molecule has 1 aliphatic rings. The number of halogens is 1. The van der Waals surface area contributed by atoms with Crippen LogP contribution in [0.4, 0.5) is 11.4 Å². The third kappa shape index (κ3) is 5.12. The first kappa shape index (κ1) is 23.8. The Kier molecular flexibility index (Phi) is 7.03. The van der Waals surface area contributed by atoms with E-state index in [1.807, 2.05) is 30.3 Å². The van der Waals surface area contributed by atoms with Crippen LogP contribution in [0.25, 0.3) is 0 Å². The van der Waals surface area contributed by atoms with E-state index in [0.29, 0.717) is 28.4 Å². The highest BCUT2D eigenvalue weighted by atomic mass is 35.5. The van der Waals surface area contributed by atoms with Crippen molar-refractivity contribution in [1.82, 2.24) is 4.90 Å². The van der Waals surface area contributed by atoms with Crippen LogP contribution in [-0.2, 0) is 16.1 Å². The summed E-state index contributed by atoms with van der Waals surface area (Å²) in [4.78, 5) is 39.5. The predicted molar refractivity (Wildman–Crippen MR) is 132 cm³/mol. The number of hydrogen-bond acceptors (Lipinski definition) is 6. The zero-order valence-electron chi connectivity index (χ0n) is 19.0. The minimum Gasteiger partial charge on any atom is -0.497 e. The molecule has 1 heterocycles. The first-order valence-electron chi connectivity index (χ1n) is 10.6. The Hall–Kier alpha value is -4.30. The van der Waals surface area contributed by atoms with Crippen molar-refractivity contribution in [2.75, 3.05) is 24.9 Å². The van der Waals surface area contributed by atoms with Crippen molar-refractivity contribution < 1.29 is 23.9 Å². The third-order valence-electron chi connectivity index (χ3n) is 5.35. The molecule has 3 aromatic rings. The zero-order chi connectivity index (χ0) is 24.9. The topological polar surface area (TPSA) is 97.0 Å². The van der Waals surface area contributed by atoms with E-state index in [9.17, 15) is 14.4 Å². The van der Waals surface area contributed by atoms with Crippen molar-refractivity contribution in [3.8, 4) is 11.5 Å². The lowest BCUT2D eigenvalue weighted by Crippen LogP contribution is -2.31. The average Bonchev–Trinajstić information content (AvgIpc) is 3.08. The number of nitrogens with zero attached hydrogens (tertiary/aromatic N) is 1. The van der Waals surface area contributed by atoms with Crippen LogP contribution in [0, 0.1) is 0 Å². The van der Waals surface area contributed by atoms with Crippen molar-refractivity contribution in [2.24, 2.45) is 0 Å². The number of methoxy groups -OCH3 is 2. The molecular formula is C26H22ClN3O5. The molecule has 0 unspecified atom stereocenters. The van der Waals surface area contributed by atoms with Gasteiger partial charge < -0.3 is 20.1 Å². The van der Waals surface area contributed by atoms with Crippen LogP contribution in [0.3, 0.4) is 0 Å². The number of nitrogens with one attached hydrogen (secondary N) is 2. The maximum atomic E-state index is 12.9. The Bertz CT molecular complexity index is 1320. The van der Waals surface area contributed by atoms with E-state index in [1.165, 1.54) is 14.2 Å². The van der Waals surface area contributed by atoms with Crippen molar-refractivity contribution in [1.29, 1.82) is 0 Å². The standard InChI is InChI=1S/C26H22ClN3O5/c1-34-19-11-12-20(21(14-19)35-2)29-24(31)17-9-6-10-18(13-17)28-23-22(27)25(32)30(26(23)33)15-16-7-4-3-5-8-16/h3-14,28H,15H2,1-2H3,(H,29,31). The third-order valence-corrected chi connectivity index (χ3v) is 5.70. The molecule has 0 bridgehead atoms. The van der Waals surface area contributed by atoms with Gasteiger partial charge in [-0.3, -0.25) is 19.3 Å². The highest BCUT2D eigenvalue weighted by Crippen LogP contribution is 2.30.